The van der Waals surface area contributed by atoms with Gasteiger partial charge in [0.25, 0.3) is 5.88 Å². The number of nitrogens with zero attached hydrogens (tertiary/aromatic N) is 6. The smallest absolute Gasteiger partial charge is 0.256 e. The van der Waals surface area contributed by atoms with Crippen LogP contribution in [0.1, 0.15) is 38.8 Å². The fourth-order valence-electron chi connectivity index (χ4n) is 5.07. The third-order valence-electron chi connectivity index (χ3n) is 8.86. The van der Waals surface area contributed by atoms with Crippen LogP contribution in [0.15, 0.2) is 30.6 Å². The van der Waals surface area contributed by atoms with E-state index in [1.807, 2.05) is 25.4 Å². The van der Waals surface area contributed by atoms with Crippen LogP contribution in [0.5, 0.6) is 5.88 Å². The lowest BCUT2D eigenvalue weighted by atomic mass is 9.83. The van der Waals surface area contributed by atoms with Crippen molar-refractivity contribution in [2.24, 2.45) is 7.05 Å². The maximum absolute atomic E-state index is 10.1. The van der Waals surface area contributed by atoms with Crippen molar-refractivity contribution in [3.63, 3.8) is 0 Å². The number of ether oxygens (including phenoxy) is 2. The highest BCUT2D eigenvalue weighted by Crippen LogP contribution is 2.44. The van der Waals surface area contributed by atoms with Crippen molar-refractivity contribution < 1.29 is 13.9 Å². The normalized spacial score (nSPS) is 19.0. The summed E-state index contributed by atoms with van der Waals surface area (Å²) in [5.41, 5.74) is 4.55. The van der Waals surface area contributed by atoms with Crippen LogP contribution in [0.3, 0.4) is 0 Å². The van der Waals surface area contributed by atoms with Crippen molar-refractivity contribution in [1.82, 2.24) is 24.6 Å². The standard InChI is InChI=1S/C31H44N8O3Si/c1-30(2,3)43(6,7)42-21-31(4)20-34-27-23(18-32)16-22(17-24(27)31)25-8-9-33-29(35-25)36-26-19-38(5)37-28(26)41-15-12-39-10-13-40-14-11-39/h8-9,16-17,19,34H,10-15,20-21H2,1-7H3,(H,33,35,36)/t31-/m1/s1. The highest BCUT2D eigenvalue weighted by molar-refractivity contribution is 6.74. The van der Waals surface area contributed by atoms with E-state index in [4.69, 9.17) is 18.9 Å². The molecule has 11 nitrogen and oxygen atoms in total. The van der Waals surface area contributed by atoms with Crippen LogP contribution < -0.4 is 15.4 Å². The first kappa shape index (κ1) is 30.9. The molecule has 1 fully saturated rings. The molecular formula is C31H44N8O3Si. The number of aryl methyl sites for hydroxylation is 1. The van der Waals surface area contributed by atoms with Gasteiger partial charge in [0.05, 0.1) is 36.4 Å². The largest absolute Gasteiger partial charge is 0.474 e. The van der Waals surface area contributed by atoms with E-state index in [2.05, 4.69) is 78.5 Å². The van der Waals surface area contributed by atoms with Gasteiger partial charge in [0.1, 0.15) is 18.4 Å². The summed E-state index contributed by atoms with van der Waals surface area (Å²) in [6.45, 7) is 19.5. The minimum atomic E-state index is -1.95. The molecule has 0 spiro atoms. The van der Waals surface area contributed by atoms with Gasteiger partial charge in [-0.25, -0.2) is 9.97 Å². The van der Waals surface area contributed by atoms with Crippen LogP contribution in [0.4, 0.5) is 17.3 Å². The Hall–Kier alpha value is -3.50. The molecule has 2 aliphatic heterocycles. The SMILES string of the molecule is Cn1cc(Nc2nccc(-c3cc(C#N)c4c(c3)[C@@](C)(CO[Si](C)(C)C(C)(C)C)CN4)n2)c(OCCN2CCOCC2)n1. The first-order valence-corrected chi connectivity index (χ1v) is 17.8. The second kappa shape index (κ2) is 12.2. The molecule has 0 saturated carbocycles. The fourth-order valence-corrected chi connectivity index (χ4v) is 6.18. The molecule has 43 heavy (non-hydrogen) atoms. The molecule has 5 rings (SSSR count). The first-order valence-electron chi connectivity index (χ1n) is 14.9. The molecule has 230 valence electrons. The number of hydrogen-bond acceptors (Lipinski definition) is 10. The molecule has 1 aromatic carbocycles. The van der Waals surface area contributed by atoms with Crippen molar-refractivity contribution in [3.05, 3.63) is 41.7 Å². The number of anilines is 3. The molecule has 12 heteroatoms. The van der Waals surface area contributed by atoms with Crippen LogP contribution in [0.25, 0.3) is 11.3 Å². The average molecular weight is 605 g/mol. The Kier molecular flexibility index (Phi) is 8.81. The third kappa shape index (κ3) is 6.85. The third-order valence-corrected chi connectivity index (χ3v) is 13.3. The number of benzene rings is 1. The summed E-state index contributed by atoms with van der Waals surface area (Å²) in [4.78, 5) is 11.6. The number of nitriles is 1. The zero-order chi connectivity index (χ0) is 30.8. The van der Waals surface area contributed by atoms with Gasteiger partial charge in [-0.3, -0.25) is 9.58 Å². The van der Waals surface area contributed by atoms with E-state index >= 15 is 0 Å². The van der Waals surface area contributed by atoms with Gasteiger partial charge >= 0.3 is 0 Å². The van der Waals surface area contributed by atoms with E-state index in [1.54, 1.807) is 10.9 Å². The van der Waals surface area contributed by atoms with Gasteiger partial charge in [0, 0.05) is 57.0 Å². The van der Waals surface area contributed by atoms with E-state index in [0.717, 1.165) is 55.4 Å². The molecular weight excluding hydrogens is 560 g/mol. The highest BCUT2D eigenvalue weighted by Gasteiger charge is 2.42. The molecule has 0 unspecified atom stereocenters. The van der Waals surface area contributed by atoms with Crippen LogP contribution in [0, 0.1) is 11.3 Å². The molecule has 2 aromatic heterocycles. The van der Waals surface area contributed by atoms with Crippen LogP contribution in [-0.4, -0.2) is 85.6 Å². The maximum Gasteiger partial charge on any atom is 0.256 e. The van der Waals surface area contributed by atoms with E-state index in [-0.39, 0.29) is 10.5 Å². The Bertz CT molecular complexity index is 1490. The number of hydrogen-bond donors (Lipinski definition) is 2. The zero-order valence-electron chi connectivity index (χ0n) is 26.5. The van der Waals surface area contributed by atoms with E-state index in [9.17, 15) is 5.26 Å². The van der Waals surface area contributed by atoms with E-state index < -0.39 is 8.32 Å². The maximum atomic E-state index is 10.1. The Morgan fingerprint density at radius 2 is 2.00 bits per heavy atom. The van der Waals surface area contributed by atoms with Gasteiger partial charge in [0.15, 0.2) is 8.32 Å². The Balaban J connectivity index is 1.35. The Morgan fingerprint density at radius 1 is 1.23 bits per heavy atom. The minimum Gasteiger partial charge on any atom is -0.474 e. The number of rotatable bonds is 10. The number of aromatic nitrogens is 4. The van der Waals surface area contributed by atoms with Crippen LogP contribution in [-0.2, 0) is 21.6 Å². The molecule has 0 aliphatic carbocycles. The lowest BCUT2D eigenvalue weighted by Gasteiger charge is -2.39. The number of fused-ring (bicyclic) bond motifs is 1. The molecule has 4 heterocycles. The molecule has 0 amide bonds. The van der Waals surface area contributed by atoms with Gasteiger partial charge in [-0.1, -0.05) is 27.7 Å². The molecule has 1 atom stereocenters. The van der Waals surface area contributed by atoms with Gasteiger partial charge in [-0.15, -0.1) is 5.10 Å². The summed E-state index contributed by atoms with van der Waals surface area (Å²) in [5.74, 6) is 0.919. The molecule has 0 radical (unpaired) electrons. The van der Waals surface area contributed by atoms with Gasteiger partial charge in [-0.05, 0) is 41.9 Å². The summed E-state index contributed by atoms with van der Waals surface area (Å²) >= 11 is 0. The summed E-state index contributed by atoms with van der Waals surface area (Å²) in [6.07, 6.45) is 3.57. The molecule has 0 bridgehead atoms. The van der Waals surface area contributed by atoms with Gasteiger partial charge < -0.3 is 24.5 Å². The number of morpholine rings is 1. The molecule has 3 aromatic rings. The summed E-state index contributed by atoms with van der Waals surface area (Å²) in [7, 11) is -0.0993. The van der Waals surface area contributed by atoms with Crippen LogP contribution >= 0.6 is 0 Å². The van der Waals surface area contributed by atoms with Gasteiger partial charge in [0.2, 0.25) is 5.95 Å². The fraction of sp³-hybridized carbons (Fsp3) is 0.548. The monoisotopic (exact) mass is 604 g/mol. The van der Waals surface area contributed by atoms with Gasteiger partial charge in [-0.2, -0.15) is 5.26 Å². The minimum absolute atomic E-state index is 0.115. The predicted molar refractivity (Wildman–Crippen MR) is 170 cm³/mol. The second-order valence-electron chi connectivity index (χ2n) is 13.2. The van der Waals surface area contributed by atoms with Crippen LogP contribution in [0.2, 0.25) is 18.1 Å². The summed E-state index contributed by atoms with van der Waals surface area (Å²) < 4.78 is 19.8. The quantitative estimate of drug-likeness (QED) is 0.309. The average Bonchev–Trinajstić information content (AvgIpc) is 3.50. The zero-order valence-corrected chi connectivity index (χ0v) is 27.5. The number of nitrogens with one attached hydrogen (secondary N) is 2. The summed E-state index contributed by atoms with van der Waals surface area (Å²) in [5, 5.41) is 21.4. The van der Waals surface area contributed by atoms with Crippen molar-refractivity contribution in [2.75, 3.05) is 63.2 Å². The van der Waals surface area contributed by atoms with E-state index in [0.29, 0.717) is 42.8 Å². The molecule has 2 aliphatic rings. The lowest BCUT2D eigenvalue weighted by Crippen LogP contribution is -2.45. The Labute approximate surface area is 255 Å². The first-order chi connectivity index (χ1) is 20.4. The topological polar surface area (TPSA) is 122 Å². The highest BCUT2D eigenvalue weighted by atomic mass is 28.4. The second-order valence-corrected chi connectivity index (χ2v) is 18.0. The Morgan fingerprint density at radius 3 is 2.72 bits per heavy atom. The van der Waals surface area contributed by atoms with Crippen molar-refractivity contribution in [2.45, 2.75) is 51.2 Å². The molecule has 2 N–H and O–H groups in total. The van der Waals surface area contributed by atoms with E-state index in [1.165, 1.54) is 0 Å². The summed E-state index contributed by atoms with van der Waals surface area (Å²) in [6, 6.07) is 8.28. The lowest BCUT2D eigenvalue weighted by molar-refractivity contribution is 0.0320. The van der Waals surface area contributed by atoms with Crippen molar-refractivity contribution in [1.29, 1.82) is 5.26 Å². The predicted octanol–water partition coefficient (Wildman–Crippen LogP) is 4.91. The van der Waals surface area contributed by atoms with Crippen molar-refractivity contribution in [3.8, 4) is 23.2 Å². The van der Waals surface area contributed by atoms with Crippen molar-refractivity contribution >= 4 is 25.6 Å². The molecule has 1 saturated heterocycles.